The van der Waals surface area contributed by atoms with Gasteiger partial charge in [-0.1, -0.05) is 39.2 Å². The monoisotopic (exact) mass is 310 g/mol. The standard InChI is InChI=1S/C21H26O2/c1-5-7-15-13-20(4)17(14(3)19(15)23)9-11-21(6-2)10-8-16(22)12-18(20)21/h2,12-14,17H,5,7-11H2,1,3-4H3. The van der Waals surface area contributed by atoms with Crippen LogP contribution in [0.5, 0.6) is 0 Å². The van der Waals surface area contributed by atoms with Gasteiger partial charge in [0.15, 0.2) is 11.6 Å². The highest BCUT2D eigenvalue weighted by atomic mass is 16.1. The Kier molecular flexibility index (Phi) is 3.87. The Hall–Kier alpha value is -1.62. The number of ketones is 2. The molecule has 2 heteroatoms. The van der Waals surface area contributed by atoms with Gasteiger partial charge in [0.2, 0.25) is 0 Å². The molecule has 1 fully saturated rings. The lowest BCUT2D eigenvalue weighted by atomic mass is 9.48. The number of carbonyl (C=O) groups is 2. The molecule has 0 aromatic carbocycles. The van der Waals surface area contributed by atoms with Gasteiger partial charge >= 0.3 is 0 Å². The van der Waals surface area contributed by atoms with Crippen LogP contribution in [0.25, 0.3) is 0 Å². The largest absolute Gasteiger partial charge is 0.295 e. The first-order chi connectivity index (χ1) is 10.9. The second-order valence-corrected chi connectivity index (χ2v) is 7.75. The van der Waals surface area contributed by atoms with Crippen molar-refractivity contribution in [2.75, 3.05) is 0 Å². The van der Waals surface area contributed by atoms with Gasteiger partial charge in [-0.2, -0.15) is 0 Å². The Bertz CT molecular complexity index is 660. The first-order valence-corrected chi connectivity index (χ1v) is 8.87. The SMILES string of the molecule is C#CC12CCC(=O)C=C1C1(C)C=C(CCC)C(=O)C(C)C1CC2. The molecule has 0 bridgehead atoms. The fourth-order valence-corrected chi connectivity index (χ4v) is 5.22. The second-order valence-electron chi connectivity index (χ2n) is 7.75. The minimum absolute atomic E-state index is 0.0141. The maximum atomic E-state index is 12.7. The van der Waals surface area contributed by atoms with Crippen LogP contribution >= 0.6 is 0 Å². The van der Waals surface area contributed by atoms with E-state index in [4.69, 9.17) is 6.42 Å². The second kappa shape index (κ2) is 5.48. The molecule has 3 rings (SSSR count). The predicted molar refractivity (Wildman–Crippen MR) is 91.6 cm³/mol. The van der Waals surface area contributed by atoms with Crippen LogP contribution in [-0.4, -0.2) is 11.6 Å². The third kappa shape index (κ3) is 2.24. The van der Waals surface area contributed by atoms with E-state index in [2.05, 4.69) is 32.8 Å². The van der Waals surface area contributed by atoms with Crippen LogP contribution < -0.4 is 0 Å². The molecule has 2 nitrogen and oxygen atoms in total. The Labute approximate surface area is 139 Å². The van der Waals surface area contributed by atoms with Gasteiger partial charge in [0.25, 0.3) is 0 Å². The average molecular weight is 310 g/mol. The van der Waals surface area contributed by atoms with Gasteiger partial charge in [0.05, 0.1) is 5.41 Å². The lowest BCUT2D eigenvalue weighted by Gasteiger charge is -2.55. The minimum Gasteiger partial charge on any atom is -0.295 e. The molecule has 122 valence electrons. The van der Waals surface area contributed by atoms with Crippen molar-refractivity contribution in [3.8, 4) is 12.3 Å². The number of allylic oxidation sites excluding steroid dienone is 4. The fourth-order valence-electron chi connectivity index (χ4n) is 5.22. The first kappa shape index (κ1) is 16.2. The summed E-state index contributed by atoms with van der Waals surface area (Å²) < 4.78 is 0. The average Bonchev–Trinajstić information content (AvgIpc) is 2.53. The van der Waals surface area contributed by atoms with Crippen molar-refractivity contribution in [2.45, 2.75) is 59.3 Å². The number of hydrogen-bond donors (Lipinski definition) is 0. The minimum atomic E-state index is -0.285. The van der Waals surface area contributed by atoms with E-state index in [1.807, 2.05) is 6.08 Å². The molecule has 1 saturated carbocycles. The van der Waals surface area contributed by atoms with Gasteiger partial charge in [0, 0.05) is 17.8 Å². The van der Waals surface area contributed by atoms with Crippen LogP contribution in [0.15, 0.2) is 23.3 Å². The molecule has 0 saturated heterocycles. The molecule has 0 radical (unpaired) electrons. The quantitative estimate of drug-likeness (QED) is 0.714. The third-order valence-electron chi connectivity index (χ3n) is 6.46. The lowest BCUT2D eigenvalue weighted by molar-refractivity contribution is -0.123. The molecule has 0 aliphatic heterocycles. The summed E-state index contributed by atoms with van der Waals surface area (Å²) in [5.41, 5.74) is 1.50. The fraction of sp³-hybridized carbons (Fsp3) is 0.619. The molecule has 0 aromatic heterocycles. The van der Waals surface area contributed by atoms with Gasteiger partial charge in [-0.3, -0.25) is 9.59 Å². The Morgan fingerprint density at radius 3 is 2.74 bits per heavy atom. The van der Waals surface area contributed by atoms with E-state index >= 15 is 0 Å². The summed E-state index contributed by atoms with van der Waals surface area (Å²) in [6.45, 7) is 6.36. The van der Waals surface area contributed by atoms with Crippen molar-refractivity contribution in [1.29, 1.82) is 0 Å². The Balaban J connectivity index is 2.18. The number of Topliss-reactive ketones (excluding diaryl/α,β-unsaturated/α-hetero) is 1. The molecule has 3 aliphatic rings. The number of hydrogen-bond acceptors (Lipinski definition) is 2. The predicted octanol–water partition coefficient (Wildman–Crippen LogP) is 4.26. The number of rotatable bonds is 2. The molecule has 0 amide bonds. The lowest BCUT2D eigenvalue weighted by Crippen LogP contribution is -2.50. The molecule has 0 aromatic rings. The molecular weight excluding hydrogens is 284 g/mol. The summed E-state index contributed by atoms with van der Waals surface area (Å²) in [5, 5.41) is 0. The normalized spacial score (nSPS) is 39.7. The molecule has 0 N–H and O–H groups in total. The molecule has 23 heavy (non-hydrogen) atoms. The maximum Gasteiger partial charge on any atom is 0.161 e. The van der Waals surface area contributed by atoms with Gasteiger partial charge in [0.1, 0.15) is 0 Å². The number of fused-ring (bicyclic) bond motifs is 3. The highest BCUT2D eigenvalue weighted by Gasteiger charge is 2.55. The van der Waals surface area contributed by atoms with E-state index in [-0.39, 0.29) is 28.4 Å². The van der Waals surface area contributed by atoms with E-state index in [9.17, 15) is 9.59 Å². The van der Waals surface area contributed by atoms with Crippen LogP contribution in [-0.2, 0) is 9.59 Å². The van der Waals surface area contributed by atoms with Gasteiger partial charge in [-0.05, 0) is 48.8 Å². The van der Waals surface area contributed by atoms with E-state index in [1.165, 1.54) is 0 Å². The van der Waals surface area contributed by atoms with Gasteiger partial charge < -0.3 is 0 Å². The summed E-state index contributed by atoms with van der Waals surface area (Å²) in [6, 6.07) is 0. The smallest absolute Gasteiger partial charge is 0.161 e. The third-order valence-corrected chi connectivity index (χ3v) is 6.46. The summed E-state index contributed by atoms with van der Waals surface area (Å²) >= 11 is 0. The highest BCUT2D eigenvalue weighted by Crippen LogP contribution is 2.61. The zero-order chi connectivity index (χ0) is 16.8. The highest BCUT2D eigenvalue weighted by molar-refractivity contribution is 5.99. The van der Waals surface area contributed by atoms with E-state index in [0.29, 0.717) is 12.2 Å². The van der Waals surface area contributed by atoms with Gasteiger partial charge in [-0.15, -0.1) is 6.42 Å². The van der Waals surface area contributed by atoms with Crippen LogP contribution in [0.4, 0.5) is 0 Å². The molecule has 0 heterocycles. The van der Waals surface area contributed by atoms with Gasteiger partial charge in [-0.25, -0.2) is 0 Å². The first-order valence-electron chi connectivity index (χ1n) is 8.87. The molecule has 3 aliphatic carbocycles. The van der Waals surface area contributed by atoms with Crippen LogP contribution in [0, 0.1) is 35.0 Å². The van der Waals surface area contributed by atoms with Crippen LogP contribution in [0.1, 0.15) is 59.3 Å². The number of carbonyl (C=O) groups excluding carboxylic acids is 2. The van der Waals surface area contributed by atoms with Crippen molar-refractivity contribution in [2.24, 2.45) is 22.7 Å². The van der Waals surface area contributed by atoms with E-state index < -0.39 is 0 Å². The topological polar surface area (TPSA) is 34.1 Å². The Morgan fingerprint density at radius 2 is 2.09 bits per heavy atom. The molecule has 0 spiro atoms. The maximum absolute atomic E-state index is 12.7. The van der Waals surface area contributed by atoms with E-state index in [0.717, 1.165) is 43.3 Å². The number of terminal acetylenes is 1. The van der Waals surface area contributed by atoms with Crippen molar-refractivity contribution in [3.63, 3.8) is 0 Å². The zero-order valence-corrected chi connectivity index (χ0v) is 14.4. The summed E-state index contributed by atoms with van der Waals surface area (Å²) in [4.78, 5) is 24.8. The molecule has 4 unspecified atom stereocenters. The molecular formula is C21H26O2. The summed E-state index contributed by atoms with van der Waals surface area (Å²) in [5.74, 6) is 3.79. The van der Waals surface area contributed by atoms with Crippen molar-refractivity contribution in [1.82, 2.24) is 0 Å². The summed E-state index contributed by atoms with van der Waals surface area (Å²) in [6.07, 6.45) is 14.9. The Morgan fingerprint density at radius 1 is 1.35 bits per heavy atom. The van der Waals surface area contributed by atoms with Crippen molar-refractivity contribution >= 4 is 11.6 Å². The van der Waals surface area contributed by atoms with E-state index in [1.54, 1.807) is 0 Å². The van der Waals surface area contributed by atoms with Crippen LogP contribution in [0.2, 0.25) is 0 Å². The zero-order valence-electron chi connectivity index (χ0n) is 14.4. The van der Waals surface area contributed by atoms with Crippen molar-refractivity contribution < 1.29 is 9.59 Å². The van der Waals surface area contributed by atoms with Crippen LogP contribution in [0.3, 0.4) is 0 Å². The van der Waals surface area contributed by atoms with Crippen molar-refractivity contribution in [3.05, 3.63) is 23.3 Å². The molecule has 4 atom stereocenters. The summed E-state index contributed by atoms with van der Waals surface area (Å²) in [7, 11) is 0.